The molecule has 3 heterocycles. The monoisotopic (exact) mass is 646 g/mol. The Balaban J connectivity index is 1.16. The molecule has 0 radical (unpaired) electrons. The van der Waals surface area contributed by atoms with E-state index in [0.717, 1.165) is 58.5 Å². The van der Waals surface area contributed by atoms with Crippen molar-refractivity contribution in [1.29, 1.82) is 0 Å². The number of benzene rings is 3. The summed E-state index contributed by atoms with van der Waals surface area (Å²) in [5.41, 5.74) is 13.0. The van der Waals surface area contributed by atoms with Crippen LogP contribution in [-0.4, -0.2) is 74.2 Å². The number of amides is 2. The summed E-state index contributed by atoms with van der Waals surface area (Å²) < 4.78 is 10.3. The second kappa shape index (κ2) is 11.5. The second-order valence-electron chi connectivity index (χ2n) is 13.5. The van der Waals surface area contributed by atoms with Crippen molar-refractivity contribution in [2.45, 2.75) is 44.3 Å². The Hall–Kier alpha value is -5.16. The third-order valence-corrected chi connectivity index (χ3v) is 10.5. The smallest absolute Gasteiger partial charge is 0.322 e. The number of hydrogen-bond acceptors (Lipinski definition) is 6. The molecule has 2 amide bonds. The zero-order valence-electron chi connectivity index (χ0n) is 27.0. The van der Waals surface area contributed by atoms with Crippen LogP contribution in [0.3, 0.4) is 0 Å². The van der Waals surface area contributed by atoms with Gasteiger partial charge in [0.25, 0.3) is 11.8 Å². The van der Waals surface area contributed by atoms with Crippen molar-refractivity contribution in [1.82, 2.24) is 24.3 Å². The number of aromatic nitrogens is 3. The van der Waals surface area contributed by atoms with Crippen molar-refractivity contribution >= 4 is 39.7 Å². The molecule has 3 atom stereocenters. The maximum Gasteiger partial charge on any atom is 0.322 e. The van der Waals surface area contributed by atoms with E-state index in [9.17, 15) is 14.4 Å². The van der Waals surface area contributed by atoms with Crippen LogP contribution in [0.1, 0.15) is 46.4 Å². The number of imidazole rings is 1. The number of fused-ring (bicyclic) bond motifs is 4. The van der Waals surface area contributed by atoms with Crippen molar-refractivity contribution in [3.05, 3.63) is 71.8 Å². The Labute approximate surface area is 277 Å². The van der Waals surface area contributed by atoms with Gasteiger partial charge in [-0.2, -0.15) is 0 Å². The molecule has 1 saturated heterocycles. The van der Waals surface area contributed by atoms with Gasteiger partial charge >= 0.3 is 5.97 Å². The number of piperidine rings is 1. The van der Waals surface area contributed by atoms with Gasteiger partial charge < -0.3 is 34.9 Å². The first-order chi connectivity index (χ1) is 23.2. The van der Waals surface area contributed by atoms with Crippen LogP contribution >= 0.6 is 0 Å². The van der Waals surface area contributed by atoms with E-state index in [1.54, 1.807) is 19.2 Å². The first kappa shape index (κ1) is 30.2. The number of ether oxygens (including phenoxy) is 1. The van der Waals surface area contributed by atoms with Crippen molar-refractivity contribution in [3.63, 3.8) is 0 Å². The van der Waals surface area contributed by atoms with E-state index >= 15 is 0 Å². The molecule has 3 unspecified atom stereocenters. The van der Waals surface area contributed by atoms with Crippen LogP contribution in [0.2, 0.25) is 0 Å². The molecule has 4 N–H and O–H groups in total. The van der Waals surface area contributed by atoms with Gasteiger partial charge in [-0.1, -0.05) is 24.3 Å². The molecule has 1 aliphatic heterocycles. The lowest BCUT2D eigenvalue weighted by molar-refractivity contribution is -0.135. The fourth-order valence-corrected chi connectivity index (χ4v) is 7.71. The van der Waals surface area contributed by atoms with E-state index in [1.807, 2.05) is 36.2 Å². The molecular weight excluding hydrogens is 608 g/mol. The molecule has 11 nitrogen and oxygen atoms in total. The van der Waals surface area contributed by atoms with E-state index in [2.05, 4.69) is 38.7 Å². The number of nitrogens with one attached hydrogen (secondary N) is 1. The van der Waals surface area contributed by atoms with Gasteiger partial charge in [-0.25, -0.2) is 4.98 Å². The van der Waals surface area contributed by atoms with Gasteiger partial charge in [-0.15, -0.1) is 0 Å². The maximum absolute atomic E-state index is 13.7. The number of likely N-dealkylation sites (tertiary alicyclic amines) is 1. The lowest BCUT2D eigenvalue weighted by Crippen LogP contribution is -2.41. The van der Waals surface area contributed by atoms with Gasteiger partial charge in [-0.3, -0.25) is 14.4 Å². The van der Waals surface area contributed by atoms with Gasteiger partial charge in [-0.05, 0) is 85.0 Å². The highest BCUT2D eigenvalue weighted by Crippen LogP contribution is 2.41. The Bertz CT molecular complexity index is 2110. The number of carbonyl (C=O) groups excluding carboxylic acids is 2. The van der Waals surface area contributed by atoms with Crippen LogP contribution in [0.4, 0.5) is 0 Å². The van der Waals surface area contributed by atoms with E-state index < -0.39 is 18.4 Å². The fraction of sp³-hybridized carbons (Fsp3) is 0.351. The summed E-state index contributed by atoms with van der Waals surface area (Å²) in [5, 5.41) is 12.4. The van der Waals surface area contributed by atoms with Gasteiger partial charge in [0.2, 0.25) is 0 Å². The average molecular weight is 647 g/mol. The van der Waals surface area contributed by atoms with Crippen LogP contribution in [-0.2, 0) is 18.4 Å². The predicted octanol–water partition coefficient (Wildman–Crippen LogP) is 4.66. The minimum atomic E-state index is -1.09. The normalized spacial score (nSPS) is 20.1. The molecule has 5 aromatic rings. The highest BCUT2D eigenvalue weighted by atomic mass is 16.5. The topological polar surface area (TPSA) is 145 Å². The summed E-state index contributed by atoms with van der Waals surface area (Å²) in [7, 11) is 3.62. The Kier molecular flexibility index (Phi) is 7.24. The number of nitrogens with two attached hydrogens (primary N) is 1. The summed E-state index contributed by atoms with van der Waals surface area (Å²) in [4.78, 5) is 44.0. The third kappa shape index (κ3) is 5.09. The van der Waals surface area contributed by atoms with Crippen molar-refractivity contribution in [3.8, 4) is 28.4 Å². The summed E-state index contributed by atoms with van der Waals surface area (Å²) in [6.07, 6.45) is 4.41. The number of methoxy groups -OCH3 is 1. The van der Waals surface area contributed by atoms with Gasteiger partial charge in [0.1, 0.15) is 17.8 Å². The Morgan fingerprint density at radius 3 is 2.42 bits per heavy atom. The number of hydrogen-bond donors (Lipinski definition) is 3. The summed E-state index contributed by atoms with van der Waals surface area (Å²) in [6.45, 7) is 1.14. The first-order valence-electron chi connectivity index (χ1n) is 16.5. The molecule has 2 bridgehead atoms. The summed E-state index contributed by atoms with van der Waals surface area (Å²) in [5.74, 6) is 0.843. The Morgan fingerprint density at radius 2 is 1.75 bits per heavy atom. The first-order valence-corrected chi connectivity index (χ1v) is 16.5. The average Bonchev–Trinajstić information content (AvgIpc) is 3.50. The molecule has 8 rings (SSSR count). The number of carboxylic acids is 1. The van der Waals surface area contributed by atoms with Crippen LogP contribution < -0.4 is 15.8 Å². The van der Waals surface area contributed by atoms with Gasteiger partial charge in [0.15, 0.2) is 5.82 Å². The zero-order valence-corrected chi connectivity index (χ0v) is 27.0. The molecule has 11 heteroatoms. The van der Waals surface area contributed by atoms with E-state index in [0.29, 0.717) is 40.8 Å². The quantitative estimate of drug-likeness (QED) is 0.211. The van der Waals surface area contributed by atoms with Crippen molar-refractivity contribution in [2.24, 2.45) is 24.6 Å². The minimum Gasteiger partial charge on any atom is -0.494 e. The third-order valence-electron chi connectivity index (χ3n) is 10.5. The van der Waals surface area contributed by atoms with Gasteiger partial charge in [0, 0.05) is 54.3 Å². The largest absolute Gasteiger partial charge is 0.494 e. The number of carboxylic acid groups (broad SMARTS) is 1. The molecule has 3 aliphatic rings. The SMILES string of the molecule is COc1cc(C(=O)N2CC3CCC2C3N)cc2nc(-c3cc4ccc(-c5ccc(C(=O)NCC(=O)O)cc5)cc4n3CC3CC3)n(C)c12. The van der Waals surface area contributed by atoms with Gasteiger partial charge in [0.05, 0.1) is 18.3 Å². The standard InChI is InChI=1S/C37H38N6O5/c1-41-34-27(13-26(16-31(34)48-2)37(47)43-19-25-11-12-28(43)33(25)38)40-35(41)30-15-24-10-9-23(14-29(24)42(30)18-20-3-4-20)21-5-7-22(8-6-21)36(46)39-17-32(44)45/h5-10,13-16,20,25,28,33H,3-4,11-12,17-19,38H2,1-2H3,(H,39,46)(H,44,45). The highest BCUT2D eigenvalue weighted by Gasteiger charge is 2.47. The second-order valence-corrected chi connectivity index (χ2v) is 13.5. The molecular formula is C37H38N6O5. The van der Waals surface area contributed by atoms with Crippen LogP contribution in [0.15, 0.2) is 60.7 Å². The molecule has 2 aliphatic carbocycles. The molecule has 2 saturated carbocycles. The fourth-order valence-electron chi connectivity index (χ4n) is 7.71. The van der Waals surface area contributed by atoms with Crippen LogP contribution in [0, 0.1) is 11.8 Å². The molecule has 0 spiro atoms. The molecule has 3 aromatic carbocycles. The molecule has 3 fully saturated rings. The summed E-state index contributed by atoms with van der Waals surface area (Å²) in [6, 6.07) is 19.6. The van der Waals surface area contributed by atoms with Crippen molar-refractivity contribution < 1.29 is 24.2 Å². The number of aryl methyl sites for hydroxylation is 1. The van der Waals surface area contributed by atoms with E-state index in [1.165, 1.54) is 12.8 Å². The van der Waals surface area contributed by atoms with E-state index in [-0.39, 0.29) is 18.0 Å². The minimum absolute atomic E-state index is 0.0191. The number of carbonyl (C=O) groups is 3. The number of rotatable bonds is 9. The summed E-state index contributed by atoms with van der Waals surface area (Å²) >= 11 is 0. The molecule has 2 aromatic heterocycles. The predicted molar refractivity (Wildman–Crippen MR) is 182 cm³/mol. The number of aliphatic carboxylic acids is 1. The van der Waals surface area contributed by atoms with E-state index in [4.69, 9.17) is 20.6 Å². The Morgan fingerprint density at radius 1 is 0.979 bits per heavy atom. The lowest BCUT2D eigenvalue weighted by Gasteiger charge is -2.27. The zero-order chi connectivity index (χ0) is 33.3. The maximum atomic E-state index is 13.7. The molecule has 48 heavy (non-hydrogen) atoms. The van der Waals surface area contributed by atoms with Crippen molar-refractivity contribution in [2.75, 3.05) is 20.2 Å². The van der Waals surface area contributed by atoms with Crippen LogP contribution in [0.5, 0.6) is 5.75 Å². The van der Waals surface area contributed by atoms with Crippen LogP contribution in [0.25, 0.3) is 44.6 Å². The highest BCUT2D eigenvalue weighted by molar-refractivity contribution is 6.01. The lowest BCUT2D eigenvalue weighted by atomic mass is 10.0. The molecule has 246 valence electrons. The number of nitrogens with zero attached hydrogens (tertiary/aromatic N) is 4.